The Labute approximate surface area is 245 Å². The number of nitrogens with zero attached hydrogens (tertiary/aromatic N) is 3. The van der Waals surface area contributed by atoms with Crippen molar-refractivity contribution in [3.8, 4) is 34.2 Å². The van der Waals surface area contributed by atoms with E-state index in [0.717, 1.165) is 56.1 Å². The molecule has 188 valence electrons. The van der Waals surface area contributed by atoms with Gasteiger partial charge in [0.25, 0.3) is 0 Å². The second-order valence-corrected chi connectivity index (χ2v) is 9.52. The number of nitriles is 1. The Morgan fingerprint density at radius 1 is 0.892 bits per heavy atom. The summed E-state index contributed by atoms with van der Waals surface area (Å²) in [5, 5.41) is 8.83. The molecule has 3 aromatic carbocycles. The summed E-state index contributed by atoms with van der Waals surface area (Å²) in [5.41, 5.74) is 7.87. The van der Waals surface area contributed by atoms with Crippen molar-refractivity contribution in [2.24, 2.45) is 7.05 Å². The lowest BCUT2D eigenvalue weighted by Gasteiger charge is -2.17. The number of methoxy groups -OCH3 is 1. The van der Waals surface area contributed by atoms with E-state index in [-0.39, 0.29) is 24.0 Å². The molecule has 0 bridgehead atoms. The highest BCUT2D eigenvalue weighted by molar-refractivity contribution is 9.10. The molecule has 0 aliphatic carbocycles. The van der Waals surface area contributed by atoms with Crippen LogP contribution in [0.3, 0.4) is 0 Å². The van der Waals surface area contributed by atoms with Crippen LogP contribution in [0.15, 0.2) is 89.4 Å². The summed E-state index contributed by atoms with van der Waals surface area (Å²) in [7, 11) is 5.79. The molecule has 1 heterocycles. The van der Waals surface area contributed by atoms with Crippen LogP contribution in [0.25, 0.3) is 34.5 Å². The van der Waals surface area contributed by atoms with Gasteiger partial charge in [0.1, 0.15) is 12.8 Å². The molecule has 0 aliphatic heterocycles. The second kappa shape index (κ2) is 13.4. The van der Waals surface area contributed by atoms with Crippen molar-refractivity contribution in [1.82, 2.24) is 0 Å². The lowest BCUT2D eigenvalue weighted by atomic mass is 10.0. The van der Waals surface area contributed by atoms with Crippen LogP contribution in [0.4, 0.5) is 5.69 Å². The van der Waals surface area contributed by atoms with Crippen molar-refractivity contribution in [3.63, 3.8) is 0 Å². The van der Waals surface area contributed by atoms with Gasteiger partial charge >= 0.3 is 0 Å². The Morgan fingerprint density at radius 2 is 1.54 bits per heavy atom. The molecule has 0 spiro atoms. The van der Waals surface area contributed by atoms with Crippen LogP contribution in [0.5, 0.6) is 5.75 Å². The first kappa shape index (κ1) is 28.4. The van der Waals surface area contributed by atoms with E-state index in [9.17, 15) is 0 Å². The van der Waals surface area contributed by atoms with Crippen LogP contribution in [0, 0.1) is 11.3 Å². The normalized spacial score (nSPS) is 10.6. The maximum absolute atomic E-state index is 8.83. The van der Waals surface area contributed by atoms with Gasteiger partial charge in [-0.1, -0.05) is 40.2 Å². The highest BCUT2D eigenvalue weighted by Gasteiger charge is 2.17. The average Bonchev–Trinajstić information content (AvgIpc) is 2.92. The summed E-state index contributed by atoms with van der Waals surface area (Å²) >= 11 is 3.55. The molecule has 0 N–H and O–H groups in total. The van der Waals surface area contributed by atoms with Gasteiger partial charge in [0.05, 0.1) is 19.6 Å². The first-order valence-electron chi connectivity index (χ1n) is 11.8. The fourth-order valence-corrected chi connectivity index (χ4v) is 4.32. The maximum atomic E-state index is 8.83. The van der Waals surface area contributed by atoms with Crippen molar-refractivity contribution in [2.75, 3.05) is 25.6 Å². The maximum Gasteiger partial charge on any atom is 0.213 e. The number of benzene rings is 3. The zero-order chi connectivity index (χ0) is 25.5. The van der Waals surface area contributed by atoms with E-state index < -0.39 is 0 Å². The van der Waals surface area contributed by atoms with Crippen molar-refractivity contribution in [3.05, 3.63) is 101 Å². The third-order valence-electron chi connectivity index (χ3n) is 6.25. The molecule has 6 heteroatoms. The van der Waals surface area contributed by atoms with Crippen molar-refractivity contribution in [2.45, 2.75) is 6.42 Å². The fraction of sp³-hybridized carbons (Fsp3) is 0.161. The predicted octanol–water partition coefficient (Wildman–Crippen LogP) is 4.14. The molecule has 0 aliphatic rings. The number of hydrogen-bond acceptors (Lipinski definition) is 3. The van der Waals surface area contributed by atoms with E-state index in [4.69, 9.17) is 10.00 Å². The van der Waals surface area contributed by atoms with Gasteiger partial charge < -0.3 is 33.6 Å². The molecule has 1 aromatic heterocycles. The monoisotopic (exact) mass is 665 g/mol. The molecule has 4 aromatic rings. The van der Waals surface area contributed by atoms with Crippen LogP contribution < -0.4 is 38.2 Å². The first-order chi connectivity index (χ1) is 17.5. The number of hydrogen-bond donors (Lipinski definition) is 0. The predicted molar refractivity (Wildman–Crippen MR) is 152 cm³/mol. The van der Waals surface area contributed by atoms with Gasteiger partial charge in [0.2, 0.25) is 11.4 Å². The molecular formula is C31H29BrIN3O. The molecule has 0 saturated carbocycles. The molecule has 4 rings (SSSR count). The van der Waals surface area contributed by atoms with Gasteiger partial charge in [-0.25, -0.2) is 0 Å². The van der Waals surface area contributed by atoms with Crippen molar-refractivity contribution >= 4 is 33.8 Å². The molecule has 0 saturated heterocycles. The Hall–Kier alpha value is -3.15. The number of rotatable bonds is 8. The first-order valence-corrected chi connectivity index (χ1v) is 12.6. The van der Waals surface area contributed by atoms with E-state index in [1.54, 1.807) is 7.11 Å². The SMILES string of the molecule is COc1ccc(-c2cc(/C=C/c3ccc(N(C)CCC#N)cc3)[n+](C)c(-c3ccc(Br)cc3)c2)cc1.[I-]. The average molecular weight is 666 g/mol. The topological polar surface area (TPSA) is 40.1 Å². The lowest BCUT2D eigenvalue weighted by molar-refractivity contribution is -0.662. The van der Waals surface area contributed by atoms with Crippen LogP contribution >= 0.6 is 15.9 Å². The van der Waals surface area contributed by atoms with Gasteiger partial charge in [0, 0.05) is 47.5 Å². The number of aromatic nitrogens is 1. The molecule has 37 heavy (non-hydrogen) atoms. The zero-order valence-electron chi connectivity index (χ0n) is 21.2. The minimum Gasteiger partial charge on any atom is -1.00 e. The molecule has 0 radical (unpaired) electrons. The smallest absolute Gasteiger partial charge is 0.213 e. The molecule has 0 fully saturated rings. The van der Waals surface area contributed by atoms with Gasteiger partial charge in [-0.05, 0) is 71.3 Å². The molecular weight excluding hydrogens is 637 g/mol. The van der Waals surface area contributed by atoms with E-state index in [1.807, 2.05) is 19.2 Å². The molecule has 0 unspecified atom stereocenters. The molecule has 0 atom stereocenters. The highest BCUT2D eigenvalue weighted by atomic mass is 127. The van der Waals surface area contributed by atoms with Gasteiger partial charge in [-0.2, -0.15) is 9.83 Å². The van der Waals surface area contributed by atoms with Gasteiger partial charge in [-0.15, -0.1) is 0 Å². The van der Waals surface area contributed by atoms with Crippen molar-refractivity contribution < 1.29 is 33.3 Å². The third-order valence-corrected chi connectivity index (χ3v) is 6.78. The second-order valence-electron chi connectivity index (χ2n) is 8.60. The highest BCUT2D eigenvalue weighted by Crippen LogP contribution is 2.28. The molecule has 4 nitrogen and oxygen atoms in total. The van der Waals surface area contributed by atoms with E-state index >= 15 is 0 Å². The Morgan fingerprint density at radius 3 is 2.16 bits per heavy atom. The van der Waals surface area contributed by atoms with Crippen molar-refractivity contribution in [1.29, 1.82) is 5.26 Å². The summed E-state index contributed by atoms with van der Waals surface area (Å²) in [6.07, 6.45) is 4.81. The summed E-state index contributed by atoms with van der Waals surface area (Å²) < 4.78 is 8.62. The third kappa shape index (κ3) is 7.21. The van der Waals surface area contributed by atoms with Crippen LogP contribution in [-0.2, 0) is 7.05 Å². The van der Waals surface area contributed by atoms with Gasteiger partial charge in [-0.3, -0.25) is 0 Å². The molecule has 0 amide bonds. The summed E-state index contributed by atoms with van der Waals surface area (Å²) in [6, 6.07) is 31.6. The van der Waals surface area contributed by atoms with E-state index in [2.05, 4.69) is 123 Å². The quantitative estimate of drug-likeness (QED) is 0.210. The van der Waals surface area contributed by atoms with E-state index in [1.165, 1.54) is 0 Å². The van der Waals surface area contributed by atoms with Crippen LogP contribution in [-0.4, -0.2) is 20.7 Å². The summed E-state index contributed by atoms with van der Waals surface area (Å²) in [4.78, 5) is 2.10. The summed E-state index contributed by atoms with van der Waals surface area (Å²) in [5.74, 6) is 0.843. The fourth-order valence-electron chi connectivity index (χ4n) is 4.06. The minimum absolute atomic E-state index is 0. The Bertz CT molecular complexity index is 1390. The number of ether oxygens (including phenoxy) is 1. The van der Waals surface area contributed by atoms with E-state index in [0.29, 0.717) is 6.42 Å². The summed E-state index contributed by atoms with van der Waals surface area (Å²) in [6.45, 7) is 0.721. The number of pyridine rings is 1. The van der Waals surface area contributed by atoms with Crippen LogP contribution in [0.1, 0.15) is 17.7 Å². The largest absolute Gasteiger partial charge is 1.00 e. The number of anilines is 1. The number of halogens is 2. The lowest BCUT2D eigenvalue weighted by Crippen LogP contribution is -3.00. The van der Waals surface area contributed by atoms with Crippen LogP contribution in [0.2, 0.25) is 0 Å². The minimum atomic E-state index is 0. The Kier molecular flexibility index (Phi) is 10.3. The Balaban J connectivity index is 0.00000380. The van der Waals surface area contributed by atoms with Gasteiger partial charge in [0.15, 0.2) is 0 Å². The standard InChI is InChI=1S/C31H29BrN3O.HI/c1-34(20-4-19-33)28-14-5-23(6-15-28)7-16-29-21-26(24-10-17-30(36-3)18-11-24)22-31(35(29)2)25-8-12-27(32)13-9-25;/h5-18,21-22H,4,20H2,1-3H3;1H/q+1;/p-1. The zero-order valence-corrected chi connectivity index (χ0v) is 24.9.